The molecule has 0 atom stereocenters. The molecule has 2 fully saturated rings. The van der Waals surface area contributed by atoms with Gasteiger partial charge in [-0.3, -0.25) is 5.14 Å². The minimum absolute atomic E-state index is 0.232. The Hall–Kier alpha value is -3.00. The Morgan fingerprint density at radius 2 is 2.00 bits per heavy atom. The van der Waals surface area contributed by atoms with E-state index in [4.69, 9.17) is 14.6 Å². The second-order valence-corrected chi connectivity index (χ2v) is 10.1. The Labute approximate surface area is 211 Å². The van der Waals surface area contributed by atoms with Crippen LogP contribution in [-0.2, 0) is 11.3 Å². The smallest absolute Gasteiger partial charge is 0.406 e. The lowest BCUT2D eigenvalue weighted by atomic mass is 9.64. The number of halogens is 3. The number of aromatic nitrogens is 1. The largest absolute Gasteiger partial charge is 0.495 e. The van der Waals surface area contributed by atoms with Crippen molar-refractivity contribution >= 4 is 34.2 Å². The highest BCUT2D eigenvalue weighted by Crippen LogP contribution is 2.48. The lowest BCUT2D eigenvalue weighted by molar-refractivity contribution is -0.159. The van der Waals surface area contributed by atoms with Crippen molar-refractivity contribution in [3.63, 3.8) is 0 Å². The number of hydrogen-bond acceptors (Lipinski definition) is 6. The number of benzene rings is 2. The maximum Gasteiger partial charge on any atom is 0.406 e. The van der Waals surface area contributed by atoms with Gasteiger partial charge in [-0.05, 0) is 67.1 Å². The molecule has 0 bridgehead atoms. The van der Waals surface area contributed by atoms with E-state index < -0.39 is 12.7 Å². The van der Waals surface area contributed by atoms with E-state index in [1.165, 1.54) is 4.57 Å². The maximum atomic E-state index is 13.5. The zero-order valence-corrected chi connectivity index (χ0v) is 20.6. The zero-order valence-electron chi connectivity index (χ0n) is 19.7. The van der Waals surface area contributed by atoms with Crippen LogP contribution in [0.3, 0.4) is 0 Å². The fraction of sp³-hybridized carbons (Fsp3) is 0.385. The van der Waals surface area contributed by atoms with E-state index in [1.54, 1.807) is 31.4 Å². The maximum absolute atomic E-state index is 13.5. The van der Waals surface area contributed by atoms with E-state index >= 15 is 0 Å². The summed E-state index contributed by atoms with van der Waals surface area (Å²) in [5.41, 5.74) is 2.67. The van der Waals surface area contributed by atoms with Crippen LogP contribution in [0.1, 0.15) is 18.5 Å². The van der Waals surface area contributed by atoms with Gasteiger partial charge in [-0.15, -0.1) is 0 Å². The lowest BCUT2D eigenvalue weighted by Gasteiger charge is -2.53. The van der Waals surface area contributed by atoms with Crippen molar-refractivity contribution in [3.05, 3.63) is 48.2 Å². The number of ether oxygens (including phenoxy) is 2. The molecule has 0 unspecified atom stereocenters. The highest BCUT2D eigenvalue weighted by molar-refractivity contribution is 7.97. The summed E-state index contributed by atoms with van der Waals surface area (Å²) in [5.74, 6) is 6.50. The molecule has 6 nitrogen and oxygen atoms in total. The molecule has 190 valence electrons. The Bertz CT molecular complexity index is 1320. The van der Waals surface area contributed by atoms with Crippen molar-refractivity contribution in [1.29, 1.82) is 0 Å². The van der Waals surface area contributed by atoms with Gasteiger partial charge in [-0.1, -0.05) is 12.0 Å². The molecule has 2 heterocycles. The van der Waals surface area contributed by atoms with Crippen LogP contribution in [-0.4, -0.2) is 43.7 Å². The van der Waals surface area contributed by atoms with Crippen molar-refractivity contribution in [2.24, 2.45) is 10.6 Å². The van der Waals surface area contributed by atoms with Crippen LogP contribution in [0.2, 0.25) is 0 Å². The SMILES string of the molecule is COc1cc(SN)ccc1NCC#Cc1cc2c(NC3CC4(COC4)C3)cccc2n1CC(F)(F)F. The third kappa shape index (κ3) is 5.09. The monoisotopic (exact) mass is 516 g/mol. The molecule has 4 N–H and O–H groups in total. The Kier molecular flexibility index (Phi) is 6.72. The van der Waals surface area contributed by atoms with Gasteiger partial charge in [0.2, 0.25) is 0 Å². The highest BCUT2D eigenvalue weighted by atomic mass is 32.2. The number of fused-ring (bicyclic) bond motifs is 1. The summed E-state index contributed by atoms with van der Waals surface area (Å²) < 4.78 is 52.3. The minimum Gasteiger partial charge on any atom is -0.495 e. The highest BCUT2D eigenvalue weighted by Gasteiger charge is 2.49. The van der Waals surface area contributed by atoms with E-state index in [-0.39, 0.29) is 6.54 Å². The Balaban J connectivity index is 1.37. The fourth-order valence-electron chi connectivity index (χ4n) is 4.96. The number of hydrogen-bond donors (Lipinski definition) is 3. The minimum atomic E-state index is -4.37. The normalized spacial score (nSPS) is 16.7. The van der Waals surface area contributed by atoms with Crippen LogP contribution >= 0.6 is 11.9 Å². The van der Waals surface area contributed by atoms with Gasteiger partial charge >= 0.3 is 6.18 Å². The van der Waals surface area contributed by atoms with Gasteiger partial charge < -0.3 is 24.7 Å². The van der Waals surface area contributed by atoms with E-state index in [2.05, 4.69) is 22.5 Å². The van der Waals surface area contributed by atoms with Crippen molar-refractivity contribution in [2.75, 3.05) is 37.5 Å². The molecule has 0 radical (unpaired) electrons. The van der Waals surface area contributed by atoms with Gasteiger partial charge in [-0.25, -0.2) is 0 Å². The number of rotatable bonds is 7. The van der Waals surface area contributed by atoms with Crippen molar-refractivity contribution in [3.8, 4) is 17.6 Å². The van der Waals surface area contributed by atoms with Gasteiger partial charge in [0.15, 0.2) is 0 Å². The number of methoxy groups -OCH3 is 1. The summed E-state index contributed by atoms with van der Waals surface area (Å²) in [6.45, 7) is 0.726. The fourth-order valence-corrected chi connectivity index (χ4v) is 5.28. The number of anilines is 2. The molecule has 1 aliphatic carbocycles. The van der Waals surface area contributed by atoms with Gasteiger partial charge in [0.1, 0.15) is 12.3 Å². The third-order valence-electron chi connectivity index (χ3n) is 6.71. The molecule has 3 aromatic rings. The number of alkyl halides is 3. The zero-order chi connectivity index (χ0) is 25.3. The first-order chi connectivity index (χ1) is 17.3. The van der Waals surface area contributed by atoms with E-state index in [0.29, 0.717) is 28.4 Å². The molecular formula is C26H27F3N4O2S. The van der Waals surface area contributed by atoms with Crippen LogP contribution in [0, 0.1) is 17.3 Å². The third-order valence-corrected chi connectivity index (χ3v) is 7.24. The predicted molar refractivity (Wildman–Crippen MR) is 136 cm³/mol. The number of nitrogens with two attached hydrogens (primary N) is 1. The molecule has 1 spiro atoms. The van der Waals surface area contributed by atoms with E-state index in [9.17, 15) is 13.2 Å². The first-order valence-electron chi connectivity index (χ1n) is 11.6. The standard InChI is InChI=1S/C26H27F3N4O2S/c1-34-24-11-19(36-30)7-8-22(24)31-9-3-4-18-10-20-21(32-17-12-25(13-17)15-35-16-25)5-2-6-23(20)33(18)14-26(27,28)29/h2,5-8,10-11,17,31-32H,9,12-16,30H2,1H3. The molecule has 1 saturated heterocycles. The second kappa shape index (κ2) is 9.81. The van der Waals surface area contributed by atoms with Gasteiger partial charge in [0, 0.05) is 27.4 Å². The van der Waals surface area contributed by atoms with Gasteiger partial charge in [0.05, 0.1) is 43.8 Å². The summed E-state index contributed by atoms with van der Waals surface area (Å²) in [6.07, 6.45) is -2.34. The molecule has 2 aromatic carbocycles. The van der Waals surface area contributed by atoms with Crippen LogP contribution in [0.5, 0.6) is 5.75 Å². The van der Waals surface area contributed by atoms with Crippen LogP contribution in [0.25, 0.3) is 10.9 Å². The number of nitrogens with zero attached hydrogens (tertiary/aromatic N) is 1. The molecular weight excluding hydrogens is 489 g/mol. The van der Waals surface area contributed by atoms with Crippen molar-refractivity contribution < 1.29 is 22.6 Å². The quantitative estimate of drug-likeness (QED) is 0.295. The lowest BCUT2D eigenvalue weighted by Crippen LogP contribution is -2.56. The van der Waals surface area contributed by atoms with Gasteiger partial charge in [0.25, 0.3) is 0 Å². The summed E-state index contributed by atoms with van der Waals surface area (Å²) in [6, 6.07) is 12.9. The molecule has 36 heavy (non-hydrogen) atoms. The topological polar surface area (TPSA) is 73.5 Å². The molecule has 1 saturated carbocycles. The molecule has 5 rings (SSSR count). The molecule has 1 aliphatic heterocycles. The van der Waals surface area contributed by atoms with Crippen molar-refractivity contribution in [1.82, 2.24) is 4.57 Å². The van der Waals surface area contributed by atoms with E-state index in [0.717, 1.165) is 59.7 Å². The first-order valence-corrected chi connectivity index (χ1v) is 12.5. The van der Waals surface area contributed by atoms with Crippen LogP contribution < -0.4 is 20.5 Å². The van der Waals surface area contributed by atoms with Crippen LogP contribution in [0.15, 0.2) is 47.4 Å². The summed E-state index contributed by atoms with van der Waals surface area (Å²) in [4.78, 5) is 0.850. The number of nitrogens with one attached hydrogen (secondary N) is 2. The molecule has 10 heteroatoms. The average molecular weight is 517 g/mol. The Morgan fingerprint density at radius 3 is 2.67 bits per heavy atom. The summed E-state index contributed by atoms with van der Waals surface area (Å²) in [5, 5.41) is 13.0. The van der Waals surface area contributed by atoms with Crippen LogP contribution in [0.4, 0.5) is 24.5 Å². The molecule has 2 aliphatic rings. The summed E-state index contributed by atoms with van der Waals surface area (Å²) in [7, 11) is 1.56. The van der Waals surface area contributed by atoms with Gasteiger partial charge in [-0.2, -0.15) is 13.2 Å². The average Bonchev–Trinajstić information content (AvgIpc) is 3.14. The second-order valence-electron chi connectivity index (χ2n) is 9.35. The first kappa shape index (κ1) is 24.7. The summed E-state index contributed by atoms with van der Waals surface area (Å²) >= 11 is 1.11. The van der Waals surface area contributed by atoms with E-state index in [1.807, 2.05) is 18.2 Å². The Morgan fingerprint density at radius 1 is 1.19 bits per heavy atom. The molecule has 1 aromatic heterocycles. The van der Waals surface area contributed by atoms with Crippen molar-refractivity contribution in [2.45, 2.75) is 36.5 Å². The predicted octanol–water partition coefficient (Wildman–Crippen LogP) is 5.23. The molecule has 0 amide bonds.